The first kappa shape index (κ1) is 20.8. The topological polar surface area (TPSA) is 84.5 Å². The summed E-state index contributed by atoms with van der Waals surface area (Å²) < 4.78 is 57.8. The van der Waals surface area contributed by atoms with Crippen LogP contribution < -0.4 is 14.8 Å². The lowest BCUT2D eigenvalue weighted by Crippen LogP contribution is -2.32. The molecular weight excluding hydrogens is 378 g/mol. The van der Waals surface area contributed by atoms with Gasteiger partial charge in [0.15, 0.2) is 11.6 Å². The average molecular weight is 398 g/mol. The zero-order valence-electron chi connectivity index (χ0n) is 14.8. The summed E-state index contributed by atoms with van der Waals surface area (Å²) in [6.07, 6.45) is -0.108. The first-order valence-corrected chi connectivity index (χ1v) is 9.59. The molecule has 0 bridgehead atoms. The smallest absolute Gasteiger partial charge is 0.240 e. The largest absolute Gasteiger partial charge is 0.494 e. The Bertz CT molecular complexity index is 902. The van der Waals surface area contributed by atoms with Crippen molar-refractivity contribution in [3.8, 4) is 5.75 Å². The standard InChI is InChI=1S/C18H20F2N2O4S/c1-12(13-3-8-17(26-2)16(20)11-13)22-18(23)9-10-21-27(24,25)15-6-4-14(19)5-7-15/h3-8,11-12,21H,9-10H2,1-2H3,(H,22,23). The molecule has 0 heterocycles. The van der Waals surface area contributed by atoms with Crippen molar-refractivity contribution in [3.05, 3.63) is 59.7 Å². The van der Waals surface area contributed by atoms with Gasteiger partial charge in [-0.1, -0.05) is 6.07 Å². The van der Waals surface area contributed by atoms with Crippen molar-refractivity contribution in [1.82, 2.24) is 10.0 Å². The van der Waals surface area contributed by atoms with E-state index >= 15 is 0 Å². The fraction of sp³-hybridized carbons (Fsp3) is 0.278. The molecule has 2 N–H and O–H groups in total. The quantitative estimate of drug-likeness (QED) is 0.716. The molecule has 1 amide bonds. The summed E-state index contributed by atoms with van der Waals surface area (Å²) >= 11 is 0. The first-order chi connectivity index (χ1) is 12.7. The molecule has 0 aliphatic rings. The van der Waals surface area contributed by atoms with E-state index in [-0.39, 0.29) is 23.6 Å². The maximum Gasteiger partial charge on any atom is 0.240 e. The van der Waals surface area contributed by atoms with Gasteiger partial charge in [-0.25, -0.2) is 21.9 Å². The van der Waals surface area contributed by atoms with E-state index in [0.717, 1.165) is 24.3 Å². The molecule has 2 aromatic carbocycles. The summed E-state index contributed by atoms with van der Waals surface area (Å²) in [5, 5.41) is 2.66. The molecule has 6 nitrogen and oxygen atoms in total. The summed E-state index contributed by atoms with van der Waals surface area (Å²) in [5.74, 6) is -1.38. The van der Waals surface area contributed by atoms with Gasteiger partial charge in [-0.3, -0.25) is 4.79 Å². The number of amides is 1. The third kappa shape index (κ3) is 5.73. The van der Waals surface area contributed by atoms with Crippen LogP contribution in [0.5, 0.6) is 5.75 Å². The Balaban J connectivity index is 1.87. The number of nitrogens with one attached hydrogen (secondary N) is 2. The van der Waals surface area contributed by atoms with Crippen LogP contribution in [0.15, 0.2) is 47.4 Å². The van der Waals surface area contributed by atoms with Crippen LogP contribution in [0.4, 0.5) is 8.78 Å². The lowest BCUT2D eigenvalue weighted by Gasteiger charge is -2.15. The number of benzene rings is 2. The van der Waals surface area contributed by atoms with Crippen LogP contribution in [0.1, 0.15) is 24.9 Å². The zero-order chi connectivity index (χ0) is 20.0. The van der Waals surface area contributed by atoms with Crippen molar-refractivity contribution in [2.75, 3.05) is 13.7 Å². The number of sulfonamides is 1. The maximum absolute atomic E-state index is 13.7. The predicted molar refractivity (Wildman–Crippen MR) is 95.7 cm³/mol. The Morgan fingerprint density at radius 3 is 2.41 bits per heavy atom. The minimum atomic E-state index is -3.83. The van der Waals surface area contributed by atoms with Gasteiger partial charge in [-0.05, 0) is 48.9 Å². The van der Waals surface area contributed by atoms with E-state index < -0.39 is 33.6 Å². The van der Waals surface area contributed by atoms with Gasteiger partial charge in [0, 0.05) is 13.0 Å². The van der Waals surface area contributed by atoms with Crippen molar-refractivity contribution < 1.29 is 26.7 Å². The molecule has 1 atom stereocenters. The van der Waals surface area contributed by atoms with Crippen LogP contribution in [-0.4, -0.2) is 28.0 Å². The third-order valence-corrected chi connectivity index (χ3v) is 5.30. The molecule has 0 radical (unpaired) electrons. The number of ether oxygens (including phenoxy) is 1. The van der Waals surface area contributed by atoms with Crippen LogP contribution >= 0.6 is 0 Å². The Kier molecular flexibility index (Phi) is 6.86. The SMILES string of the molecule is COc1ccc(C(C)NC(=O)CCNS(=O)(=O)c2ccc(F)cc2)cc1F. The van der Waals surface area contributed by atoms with E-state index in [0.29, 0.717) is 5.56 Å². The molecule has 0 saturated carbocycles. The van der Waals surface area contributed by atoms with Crippen molar-refractivity contribution in [3.63, 3.8) is 0 Å². The lowest BCUT2D eigenvalue weighted by atomic mass is 10.1. The molecule has 146 valence electrons. The second-order valence-corrected chi connectivity index (χ2v) is 7.55. The third-order valence-electron chi connectivity index (χ3n) is 3.82. The lowest BCUT2D eigenvalue weighted by molar-refractivity contribution is -0.121. The summed E-state index contributed by atoms with van der Waals surface area (Å²) in [7, 11) is -2.47. The van der Waals surface area contributed by atoms with Gasteiger partial charge in [0.25, 0.3) is 0 Å². The van der Waals surface area contributed by atoms with E-state index in [9.17, 15) is 22.0 Å². The summed E-state index contributed by atoms with van der Waals surface area (Å²) in [5.41, 5.74) is 0.550. The molecule has 0 saturated heterocycles. The van der Waals surface area contributed by atoms with Crippen molar-refractivity contribution in [2.24, 2.45) is 0 Å². The predicted octanol–water partition coefficient (Wildman–Crippen LogP) is 2.52. The summed E-state index contributed by atoms with van der Waals surface area (Å²) in [4.78, 5) is 11.9. The maximum atomic E-state index is 13.7. The highest BCUT2D eigenvalue weighted by Gasteiger charge is 2.16. The number of carbonyl (C=O) groups excluding carboxylic acids is 1. The van der Waals surface area contributed by atoms with E-state index in [1.807, 2.05) is 0 Å². The van der Waals surface area contributed by atoms with Gasteiger partial charge in [0.1, 0.15) is 5.82 Å². The second-order valence-electron chi connectivity index (χ2n) is 5.78. The molecule has 0 aromatic heterocycles. The minimum absolute atomic E-state index is 0.0913. The van der Waals surface area contributed by atoms with Crippen molar-refractivity contribution in [2.45, 2.75) is 24.3 Å². The highest BCUT2D eigenvalue weighted by molar-refractivity contribution is 7.89. The van der Waals surface area contributed by atoms with Gasteiger partial charge in [0.05, 0.1) is 18.0 Å². The highest BCUT2D eigenvalue weighted by atomic mass is 32.2. The zero-order valence-corrected chi connectivity index (χ0v) is 15.6. The molecule has 2 rings (SSSR count). The molecular formula is C18H20F2N2O4S. The van der Waals surface area contributed by atoms with Crippen molar-refractivity contribution in [1.29, 1.82) is 0 Å². The summed E-state index contributed by atoms with van der Waals surface area (Å²) in [6, 6.07) is 8.24. The molecule has 0 aliphatic heterocycles. The molecule has 0 aliphatic carbocycles. The number of methoxy groups -OCH3 is 1. The van der Waals surface area contributed by atoms with Gasteiger partial charge in [0.2, 0.25) is 15.9 Å². The van der Waals surface area contributed by atoms with Gasteiger partial charge < -0.3 is 10.1 Å². The number of hydrogen-bond acceptors (Lipinski definition) is 4. The Morgan fingerprint density at radius 1 is 1.15 bits per heavy atom. The second kappa shape index (κ2) is 8.92. The number of rotatable bonds is 8. The molecule has 0 spiro atoms. The van der Waals surface area contributed by atoms with Crippen LogP contribution in [-0.2, 0) is 14.8 Å². The van der Waals surface area contributed by atoms with Crippen LogP contribution in [0.2, 0.25) is 0 Å². The number of carbonyl (C=O) groups is 1. The molecule has 9 heteroatoms. The Labute approximate surface area is 156 Å². The Hall–Kier alpha value is -2.52. The van der Waals surface area contributed by atoms with Crippen LogP contribution in [0, 0.1) is 11.6 Å². The van der Waals surface area contributed by atoms with Crippen LogP contribution in [0.3, 0.4) is 0 Å². The van der Waals surface area contributed by atoms with E-state index in [4.69, 9.17) is 4.74 Å². The fourth-order valence-electron chi connectivity index (χ4n) is 2.34. The Morgan fingerprint density at radius 2 is 1.81 bits per heavy atom. The first-order valence-electron chi connectivity index (χ1n) is 8.11. The van der Waals surface area contributed by atoms with E-state index in [1.165, 1.54) is 19.2 Å². The van der Waals surface area contributed by atoms with Gasteiger partial charge >= 0.3 is 0 Å². The molecule has 1 unspecified atom stereocenters. The van der Waals surface area contributed by atoms with Crippen LogP contribution in [0.25, 0.3) is 0 Å². The molecule has 2 aromatic rings. The van der Waals surface area contributed by atoms with Gasteiger partial charge in [-0.15, -0.1) is 0 Å². The normalized spacial score (nSPS) is 12.4. The number of halogens is 2. The minimum Gasteiger partial charge on any atom is -0.494 e. The van der Waals surface area contributed by atoms with Crippen molar-refractivity contribution >= 4 is 15.9 Å². The number of hydrogen-bond donors (Lipinski definition) is 2. The van der Waals surface area contributed by atoms with Gasteiger partial charge in [-0.2, -0.15) is 0 Å². The average Bonchev–Trinajstić information content (AvgIpc) is 2.61. The fourth-order valence-corrected chi connectivity index (χ4v) is 3.38. The summed E-state index contributed by atoms with van der Waals surface area (Å²) in [6.45, 7) is 1.55. The van der Waals surface area contributed by atoms with E-state index in [2.05, 4.69) is 10.0 Å². The molecule has 27 heavy (non-hydrogen) atoms. The van der Waals surface area contributed by atoms with E-state index in [1.54, 1.807) is 13.0 Å². The monoisotopic (exact) mass is 398 g/mol. The molecule has 0 fully saturated rings. The highest BCUT2D eigenvalue weighted by Crippen LogP contribution is 2.21.